The number of nitrogens with zero attached hydrogens (tertiary/aromatic N) is 1. The lowest BCUT2D eigenvalue weighted by molar-refractivity contribution is -0.123. The molecule has 0 radical (unpaired) electrons. The number of amides is 3. The number of nitrogens with one attached hydrogen (secondary N) is 1. The first-order chi connectivity index (χ1) is 18.5. The average Bonchev–Trinajstić information content (AvgIpc) is 3.14. The van der Waals surface area contributed by atoms with Gasteiger partial charge in [0, 0.05) is 12.6 Å². The molecular formula is C26H20BrClN2O7S2. The third-order valence-corrected chi connectivity index (χ3v) is 8.29. The van der Waals surface area contributed by atoms with Crippen LogP contribution in [0.15, 0.2) is 81.0 Å². The predicted octanol–water partition coefficient (Wildman–Crippen LogP) is 5.94. The van der Waals surface area contributed by atoms with Gasteiger partial charge in [0.25, 0.3) is 11.1 Å². The first-order valence-electron chi connectivity index (χ1n) is 11.3. The largest absolute Gasteiger partial charge is 0.490 e. The molecule has 0 bridgehead atoms. The summed E-state index contributed by atoms with van der Waals surface area (Å²) in [7, 11) is -4.16. The molecule has 1 fully saturated rings. The molecule has 4 rings (SSSR count). The van der Waals surface area contributed by atoms with Gasteiger partial charge in [-0.05, 0) is 87.9 Å². The van der Waals surface area contributed by atoms with Crippen molar-refractivity contribution in [1.82, 2.24) is 4.90 Å². The van der Waals surface area contributed by atoms with E-state index in [9.17, 15) is 22.8 Å². The number of carbonyl (C=O) groups is 3. The fourth-order valence-corrected chi connectivity index (χ4v) is 5.99. The lowest BCUT2D eigenvalue weighted by Gasteiger charge is -2.13. The highest BCUT2D eigenvalue weighted by Crippen LogP contribution is 2.35. The molecule has 0 unspecified atom stereocenters. The van der Waals surface area contributed by atoms with Gasteiger partial charge in [-0.15, -0.1) is 0 Å². The third-order valence-electron chi connectivity index (χ3n) is 5.20. The molecule has 0 saturated carbocycles. The second-order valence-corrected chi connectivity index (χ2v) is 11.8. The van der Waals surface area contributed by atoms with Crippen LogP contribution >= 0.6 is 39.3 Å². The number of halogens is 2. The Morgan fingerprint density at radius 3 is 2.46 bits per heavy atom. The predicted molar refractivity (Wildman–Crippen MR) is 152 cm³/mol. The molecule has 1 heterocycles. The van der Waals surface area contributed by atoms with E-state index in [4.69, 9.17) is 20.5 Å². The zero-order valence-electron chi connectivity index (χ0n) is 20.2. The van der Waals surface area contributed by atoms with Crippen LogP contribution in [-0.4, -0.2) is 43.5 Å². The van der Waals surface area contributed by atoms with Crippen molar-refractivity contribution in [2.24, 2.45) is 0 Å². The van der Waals surface area contributed by atoms with E-state index in [1.807, 2.05) is 0 Å². The van der Waals surface area contributed by atoms with Gasteiger partial charge in [0.2, 0.25) is 5.91 Å². The van der Waals surface area contributed by atoms with Crippen LogP contribution in [0.4, 0.5) is 10.5 Å². The summed E-state index contributed by atoms with van der Waals surface area (Å²) in [6.45, 7) is 1.48. The number of para-hydroxylation sites is 1. The lowest BCUT2D eigenvalue weighted by atomic mass is 10.2. The van der Waals surface area contributed by atoms with Crippen LogP contribution in [0.3, 0.4) is 0 Å². The van der Waals surface area contributed by atoms with Crippen LogP contribution in [-0.2, 0) is 19.7 Å². The van der Waals surface area contributed by atoms with Gasteiger partial charge in [-0.1, -0.05) is 29.8 Å². The molecular weight excluding hydrogens is 632 g/mol. The molecule has 0 atom stereocenters. The van der Waals surface area contributed by atoms with Crippen LogP contribution in [0, 0.1) is 0 Å². The number of thioether (sulfide) groups is 1. The average molecular weight is 652 g/mol. The highest BCUT2D eigenvalue weighted by molar-refractivity contribution is 9.10. The van der Waals surface area contributed by atoms with Gasteiger partial charge in [0.1, 0.15) is 17.3 Å². The van der Waals surface area contributed by atoms with Gasteiger partial charge in [-0.3, -0.25) is 19.3 Å². The van der Waals surface area contributed by atoms with Crippen molar-refractivity contribution in [3.05, 3.63) is 86.7 Å². The molecule has 3 aromatic rings. The molecule has 9 nitrogen and oxygen atoms in total. The Bertz CT molecular complexity index is 1580. The molecule has 3 aromatic carbocycles. The molecule has 1 N–H and O–H groups in total. The zero-order chi connectivity index (χ0) is 28.2. The van der Waals surface area contributed by atoms with Gasteiger partial charge in [-0.2, -0.15) is 8.42 Å². The Morgan fingerprint density at radius 1 is 1.08 bits per heavy atom. The van der Waals surface area contributed by atoms with Gasteiger partial charge < -0.3 is 14.2 Å². The number of hydrogen-bond donors (Lipinski definition) is 1. The molecule has 0 aliphatic carbocycles. The number of rotatable bonds is 9. The summed E-state index contributed by atoms with van der Waals surface area (Å²) in [5, 5.41) is 2.56. The van der Waals surface area contributed by atoms with Crippen molar-refractivity contribution < 1.29 is 31.7 Å². The summed E-state index contributed by atoms with van der Waals surface area (Å²) >= 11 is 10.2. The molecule has 0 aromatic heterocycles. The Morgan fingerprint density at radius 2 is 1.79 bits per heavy atom. The van der Waals surface area contributed by atoms with Crippen molar-refractivity contribution >= 4 is 78.2 Å². The third kappa shape index (κ3) is 7.21. The lowest BCUT2D eigenvalue weighted by Crippen LogP contribution is -2.32. The summed E-state index contributed by atoms with van der Waals surface area (Å²) in [4.78, 5) is 37.6. The van der Waals surface area contributed by atoms with E-state index >= 15 is 0 Å². The second-order valence-electron chi connectivity index (χ2n) is 8.05. The minimum absolute atomic E-state index is 0.0305. The van der Waals surface area contributed by atoms with Crippen LogP contribution in [0.5, 0.6) is 11.5 Å². The van der Waals surface area contributed by atoms with Gasteiger partial charge >= 0.3 is 10.1 Å². The van der Waals surface area contributed by atoms with E-state index < -0.39 is 21.3 Å². The standard InChI is InChI=1S/C26H20BrClN2O7S2/c1-16(31)29-18-7-9-19(10-8-18)39(34,35)37-22-11-6-17(14-20(22)27)15-24-25(32)30(26(33)38-24)12-13-36-23-5-3-2-4-21(23)28/h2-11,14-15H,12-13H2,1H3,(H,29,31)/b24-15-. The summed E-state index contributed by atoms with van der Waals surface area (Å²) in [6.07, 6.45) is 1.53. The number of ether oxygens (including phenoxy) is 1. The number of hydrogen-bond acceptors (Lipinski definition) is 8. The molecule has 3 amide bonds. The Balaban J connectivity index is 1.41. The Kier molecular flexibility index (Phi) is 9.01. The van der Waals surface area contributed by atoms with Crippen molar-refractivity contribution in [1.29, 1.82) is 0 Å². The summed E-state index contributed by atoms with van der Waals surface area (Å²) in [5.74, 6) is -0.256. The smallest absolute Gasteiger partial charge is 0.339 e. The minimum Gasteiger partial charge on any atom is -0.490 e. The van der Waals surface area contributed by atoms with Gasteiger partial charge in [-0.25, -0.2) is 0 Å². The zero-order valence-corrected chi connectivity index (χ0v) is 24.2. The van der Waals surface area contributed by atoms with Gasteiger partial charge in [0.05, 0.1) is 20.9 Å². The maximum atomic E-state index is 12.8. The van der Waals surface area contributed by atoms with Crippen LogP contribution in [0.25, 0.3) is 6.08 Å². The Hall–Kier alpha value is -3.32. The van der Waals surface area contributed by atoms with Crippen molar-refractivity contribution in [2.45, 2.75) is 11.8 Å². The summed E-state index contributed by atoms with van der Waals surface area (Å²) < 4.78 is 36.6. The van der Waals surface area contributed by atoms with E-state index in [0.29, 0.717) is 26.5 Å². The highest BCUT2D eigenvalue weighted by atomic mass is 79.9. The summed E-state index contributed by atoms with van der Waals surface area (Å²) in [5.41, 5.74) is 0.994. The Labute approximate surface area is 242 Å². The number of imide groups is 1. The monoisotopic (exact) mass is 650 g/mol. The van der Waals surface area contributed by atoms with E-state index in [1.54, 1.807) is 36.4 Å². The van der Waals surface area contributed by atoms with E-state index in [-0.39, 0.29) is 34.6 Å². The van der Waals surface area contributed by atoms with E-state index in [1.165, 1.54) is 43.3 Å². The maximum Gasteiger partial charge on any atom is 0.339 e. The highest BCUT2D eigenvalue weighted by Gasteiger charge is 2.35. The molecule has 13 heteroatoms. The molecule has 1 aliphatic heterocycles. The first kappa shape index (κ1) is 28.7. The first-order valence-corrected chi connectivity index (χ1v) is 14.7. The number of anilines is 1. The van der Waals surface area contributed by atoms with Crippen LogP contribution in [0.2, 0.25) is 5.02 Å². The normalized spacial score (nSPS) is 14.5. The van der Waals surface area contributed by atoms with Gasteiger partial charge in [0.15, 0.2) is 5.75 Å². The molecule has 39 heavy (non-hydrogen) atoms. The number of carbonyl (C=O) groups excluding carboxylic acids is 3. The fraction of sp³-hybridized carbons (Fsp3) is 0.115. The van der Waals surface area contributed by atoms with Crippen molar-refractivity contribution in [2.75, 3.05) is 18.5 Å². The second kappa shape index (κ2) is 12.2. The minimum atomic E-state index is -4.16. The van der Waals surface area contributed by atoms with Crippen LogP contribution in [0.1, 0.15) is 12.5 Å². The SMILES string of the molecule is CC(=O)Nc1ccc(S(=O)(=O)Oc2ccc(/C=C3\SC(=O)N(CCOc4ccccc4Cl)C3=O)cc2Br)cc1. The topological polar surface area (TPSA) is 119 Å². The maximum absolute atomic E-state index is 12.8. The van der Waals surface area contributed by atoms with Crippen LogP contribution < -0.4 is 14.2 Å². The fourth-order valence-electron chi connectivity index (χ4n) is 3.40. The number of benzene rings is 3. The molecule has 202 valence electrons. The molecule has 1 saturated heterocycles. The quantitative estimate of drug-likeness (QED) is 0.223. The van der Waals surface area contributed by atoms with E-state index in [0.717, 1.165) is 16.7 Å². The van der Waals surface area contributed by atoms with Crippen molar-refractivity contribution in [3.8, 4) is 11.5 Å². The molecule has 0 spiro atoms. The van der Waals surface area contributed by atoms with E-state index in [2.05, 4.69) is 21.2 Å². The summed E-state index contributed by atoms with van der Waals surface area (Å²) in [6, 6.07) is 17.0. The van der Waals surface area contributed by atoms with Crippen molar-refractivity contribution in [3.63, 3.8) is 0 Å². The molecule has 1 aliphatic rings.